The number of anilines is 1. The van der Waals surface area contributed by atoms with Gasteiger partial charge in [-0.25, -0.2) is 8.42 Å². The molecule has 0 unspecified atom stereocenters. The van der Waals surface area contributed by atoms with Crippen molar-refractivity contribution < 1.29 is 8.42 Å². The molecule has 7 nitrogen and oxygen atoms in total. The van der Waals surface area contributed by atoms with Gasteiger partial charge in [0, 0.05) is 6.26 Å². The minimum atomic E-state index is -3.26. The highest BCUT2D eigenvalue weighted by atomic mass is 32.2. The molecule has 1 aromatic rings. The third-order valence-corrected chi connectivity index (χ3v) is 3.39. The first-order valence-corrected chi connectivity index (χ1v) is 7.03. The molecule has 8 heteroatoms. The number of hydrogen-bond acceptors (Lipinski definition) is 6. The van der Waals surface area contributed by atoms with Gasteiger partial charge in [-0.3, -0.25) is 10.8 Å². The molecule has 0 saturated heterocycles. The summed E-state index contributed by atoms with van der Waals surface area (Å²) >= 11 is 0. The van der Waals surface area contributed by atoms with Gasteiger partial charge in [-0.05, 0) is 30.7 Å². The molecule has 1 aromatic carbocycles. The normalized spacial score (nSPS) is 11.7. The lowest BCUT2D eigenvalue weighted by atomic mass is 10.2. The number of nitrogens with two attached hydrogens (primary N) is 1. The number of rotatable bonds is 4. The number of sulfone groups is 1. The second kappa shape index (κ2) is 5.49. The van der Waals surface area contributed by atoms with Crippen molar-refractivity contribution in [3.63, 3.8) is 0 Å². The Kier molecular flexibility index (Phi) is 4.24. The van der Waals surface area contributed by atoms with Gasteiger partial charge in [0.15, 0.2) is 15.7 Å². The zero-order valence-electron chi connectivity index (χ0n) is 10.4. The zero-order valence-corrected chi connectivity index (χ0v) is 11.2. The minimum absolute atomic E-state index is 0.201. The molecule has 1 rings (SSSR count). The van der Waals surface area contributed by atoms with Gasteiger partial charge in [0.25, 0.3) is 0 Å². The maximum atomic E-state index is 11.4. The number of benzene rings is 1. The van der Waals surface area contributed by atoms with Crippen molar-refractivity contribution in [2.45, 2.75) is 11.8 Å². The lowest BCUT2D eigenvalue weighted by Crippen LogP contribution is -2.21. The van der Waals surface area contributed by atoms with Crippen molar-refractivity contribution in [3.05, 3.63) is 23.8 Å². The smallest absolute Gasteiger partial charge is 0.201 e. The molecule has 0 aliphatic carbocycles. The molecular formula is C11H13N5O2S. The van der Waals surface area contributed by atoms with E-state index in [2.05, 4.69) is 10.5 Å². The summed E-state index contributed by atoms with van der Waals surface area (Å²) in [6.45, 7) is 1.70. The maximum absolute atomic E-state index is 11.4. The molecule has 0 amide bonds. The lowest BCUT2D eigenvalue weighted by Gasteiger charge is -2.07. The van der Waals surface area contributed by atoms with Crippen molar-refractivity contribution in [2.24, 2.45) is 10.8 Å². The van der Waals surface area contributed by atoms with Crippen molar-refractivity contribution in [2.75, 3.05) is 11.7 Å². The number of nitrogens with zero attached hydrogens (tertiary/aromatic N) is 2. The predicted molar refractivity (Wildman–Crippen MR) is 72.9 cm³/mol. The van der Waals surface area contributed by atoms with E-state index in [0.29, 0.717) is 11.3 Å². The van der Waals surface area contributed by atoms with Gasteiger partial charge in [0.05, 0.1) is 10.6 Å². The monoisotopic (exact) mass is 279 g/mol. The van der Waals surface area contributed by atoms with Crippen LogP contribution in [0.3, 0.4) is 0 Å². The first-order valence-electron chi connectivity index (χ1n) is 5.14. The SMILES string of the molecule is Cc1cc(S(C)(=O)=O)ccc1N/N=C(\C#N)C(=N)N. The van der Waals surface area contributed by atoms with E-state index in [0.717, 1.165) is 6.26 Å². The summed E-state index contributed by atoms with van der Waals surface area (Å²) < 4.78 is 22.7. The van der Waals surface area contributed by atoms with Crippen LogP contribution in [0.2, 0.25) is 0 Å². The molecule has 0 heterocycles. The van der Waals surface area contributed by atoms with Gasteiger partial charge in [-0.2, -0.15) is 10.4 Å². The molecule has 0 atom stereocenters. The molecule has 4 N–H and O–H groups in total. The summed E-state index contributed by atoms with van der Waals surface area (Å²) in [6, 6.07) is 6.12. The van der Waals surface area contributed by atoms with Gasteiger partial charge in [-0.15, -0.1) is 0 Å². The van der Waals surface area contributed by atoms with Crippen LogP contribution in [-0.4, -0.2) is 26.2 Å². The van der Waals surface area contributed by atoms with E-state index in [1.165, 1.54) is 18.2 Å². The van der Waals surface area contributed by atoms with Crippen LogP contribution in [0, 0.1) is 23.7 Å². The molecule has 100 valence electrons. The van der Waals surface area contributed by atoms with E-state index < -0.39 is 15.7 Å². The third kappa shape index (κ3) is 3.79. The molecular weight excluding hydrogens is 266 g/mol. The molecule has 0 saturated carbocycles. The summed E-state index contributed by atoms with van der Waals surface area (Å²) in [6.07, 6.45) is 1.12. The van der Waals surface area contributed by atoms with E-state index in [1.54, 1.807) is 13.0 Å². The summed E-state index contributed by atoms with van der Waals surface area (Å²) in [7, 11) is -3.26. The molecule has 0 radical (unpaired) electrons. The number of nitrogens with one attached hydrogen (secondary N) is 2. The van der Waals surface area contributed by atoms with Crippen LogP contribution in [0.1, 0.15) is 5.56 Å². The Morgan fingerprint density at radius 2 is 2.16 bits per heavy atom. The maximum Gasteiger partial charge on any atom is 0.201 e. The Hall–Kier alpha value is -2.40. The third-order valence-electron chi connectivity index (χ3n) is 2.28. The highest BCUT2D eigenvalue weighted by molar-refractivity contribution is 7.90. The first-order chi connectivity index (χ1) is 8.75. The number of hydrazone groups is 1. The van der Waals surface area contributed by atoms with Crippen LogP contribution < -0.4 is 11.2 Å². The van der Waals surface area contributed by atoms with E-state index >= 15 is 0 Å². The Morgan fingerprint density at radius 3 is 2.58 bits per heavy atom. The highest BCUT2D eigenvalue weighted by Gasteiger charge is 2.09. The molecule has 0 fully saturated rings. The second-order valence-corrected chi connectivity index (χ2v) is 5.86. The van der Waals surface area contributed by atoms with Crippen LogP contribution in [0.4, 0.5) is 5.69 Å². The molecule has 0 aliphatic rings. The fraction of sp³-hybridized carbons (Fsp3) is 0.182. The summed E-state index contributed by atoms with van der Waals surface area (Å²) in [5, 5.41) is 19.4. The topological polar surface area (TPSA) is 132 Å². The van der Waals surface area contributed by atoms with E-state index in [9.17, 15) is 8.42 Å². The van der Waals surface area contributed by atoms with E-state index in [-0.39, 0.29) is 10.6 Å². The quantitative estimate of drug-likeness (QED) is 0.422. The average molecular weight is 279 g/mol. The Morgan fingerprint density at radius 1 is 1.53 bits per heavy atom. The minimum Gasteiger partial charge on any atom is -0.382 e. The van der Waals surface area contributed by atoms with Gasteiger partial charge < -0.3 is 5.73 Å². The van der Waals surface area contributed by atoms with E-state index in [1.807, 2.05) is 0 Å². The first kappa shape index (κ1) is 14.7. The molecule has 0 aliphatic heterocycles. The van der Waals surface area contributed by atoms with Crippen molar-refractivity contribution in [1.29, 1.82) is 10.7 Å². The summed E-state index contributed by atoms with van der Waals surface area (Å²) in [4.78, 5) is 0.201. The Labute approximate surface area is 111 Å². The largest absolute Gasteiger partial charge is 0.382 e. The fourth-order valence-electron chi connectivity index (χ4n) is 1.25. The Balaban J connectivity index is 3.06. The number of hydrogen-bond donors (Lipinski definition) is 3. The number of amidine groups is 1. The molecule has 0 aromatic heterocycles. The van der Waals surface area contributed by atoms with Crippen LogP contribution in [0.15, 0.2) is 28.2 Å². The number of nitriles is 1. The summed E-state index contributed by atoms with van der Waals surface area (Å²) in [5.74, 6) is -0.444. The predicted octanol–water partition coefficient (Wildman–Crippen LogP) is 0.626. The second-order valence-electron chi connectivity index (χ2n) is 3.85. The van der Waals surface area contributed by atoms with Crippen molar-refractivity contribution in [1.82, 2.24) is 0 Å². The van der Waals surface area contributed by atoms with Crippen LogP contribution in [0.25, 0.3) is 0 Å². The lowest BCUT2D eigenvalue weighted by molar-refractivity contribution is 0.602. The van der Waals surface area contributed by atoms with Gasteiger partial charge in [0.2, 0.25) is 5.71 Å². The number of aryl methyl sites for hydroxylation is 1. The van der Waals surface area contributed by atoms with Crippen LogP contribution in [0.5, 0.6) is 0 Å². The van der Waals surface area contributed by atoms with Crippen LogP contribution >= 0.6 is 0 Å². The molecule has 0 bridgehead atoms. The van der Waals surface area contributed by atoms with E-state index in [4.69, 9.17) is 16.4 Å². The van der Waals surface area contributed by atoms with Crippen molar-refractivity contribution in [3.8, 4) is 6.07 Å². The van der Waals surface area contributed by atoms with Crippen molar-refractivity contribution >= 4 is 27.1 Å². The van der Waals surface area contributed by atoms with Gasteiger partial charge >= 0.3 is 0 Å². The summed E-state index contributed by atoms with van der Waals surface area (Å²) in [5.41, 5.74) is 8.65. The highest BCUT2D eigenvalue weighted by Crippen LogP contribution is 2.19. The zero-order chi connectivity index (χ0) is 14.6. The Bertz CT molecular complexity index is 686. The molecule has 19 heavy (non-hydrogen) atoms. The fourth-order valence-corrected chi connectivity index (χ4v) is 1.96. The standard InChI is InChI=1S/C11H13N5O2S/c1-7-5-8(19(2,17)18)3-4-9(7)15-16-10(6-12)11(13)14/h3-5,15H,1-2H3,(H3,13,14)/b16-10+. The molecule has 0 spiro atoms. The van der Waals surface area contributed by atoms with Gasteiger partial charge in [0.1, 0.15) is 6.07 Å². The van der Waals surface area contributed by atoms with Gasteiger partial charge in [-0.1, -0.05) is 0 Å². The van der Waals surface area contributed by atoms with Crippen LogP contribution in [-0.2, 0) is 9.84 Å². The average Bonchev–Trinajstić information content (AvgIpc) is 2.29.